The second kappa shape index (κ2) is 11.5. The third-order valence-electron chi connectivity index (χ3n) is 3.35. The van der Waals surface area contributed by atoms with E-state index in [9.17, 15) is 8.78 Å². The van der Waals surface area contributed by atoms with Crippen molar-refractivity contribution in [3.63, 3.8) is 0 Å². The molecule has 0 atom stereocenters. The van der Waals surface area contributed by atoms with E-state index in [1.54, 1.807) is 11.9 Å². The maximum Gasteiger partial charge on any atom is 0.257 e. The van der Waals surface area contributed by atoms with Gasteiger partial charge in [-0.25, -0.2) is 13.8 Å². The van der Waals surface area contributed by atoms with Gasteiger partial charge in [0.1, 0.15) is 5.02 Å². The molecule has 29 heavy (non-hydrogen) atoms. The number of aliphatic imine (C=N–C) groups is 1. The molecule has 0 fully saturated rings. The first-order valence-corrected chi connectivity index (χ1v) is 9.70. The van der Waals surface area contributed by atoms with Gasteiger partial charge in [0.05, 0.1) is 18.4 Å². The third-order valence-corrected chi connectivity index (χ3v) is 4.59. The van der Waals surface area contributed by atoms with Crippen LogP contribution in [0.1, 0.15) is 5.56 Å². The summed E-state index contributed by atoms with van der Waals surface area (Å²) in [6.07, 6.45) is 1.30. The highest BCUT2D eigenvalue weighted by Crippen LogP contribution is 2.26. The molecule has 1 aromatic carbocycles. The van der Waals surface area contributed by atoms with E-state index in [1.807, 2.05) is 42.7 Å². The van der Waals surface area contributed by atoms with E-state index < -0.39 is 13.0 Å². The van der Waals surface area contributed by atoms with Crippen molar-refractivity contribution in [1.82, 2.24) is 14.3 Å². The Hall–Kier alpha value is -2.43. The Balaban J connectivity index is 2.09. The second-order valence-electron chi connectivity index (χ2n) is 5.89. The van der Waals surface area contributed by atoms with E-state index in [-0.39, 0.29) is 11.6 Å². The molecular formula is C18H22ClF2N7S. The van der Waals surface area contributed by atoms with Gasteiger partial charge in [-0.15, -0.1) is 0 Å². The zero-order chi connectivity index (χ0) is 21.2. The summed E-state index contributed by atoms with van der Waals surface area (Å²) in [4.78, 5) is 13.1. The van der Waals surface area contributed by atoms with E-state index >= 15 is 0 Å². The molecule has 2 aromatic rings. The Labute approximate surface area is 177 Å². The number of allylic oxidation sites excluding steroid dienone is 1. The van der Waals surface area contributed by atoms with Crippen LogP contribution in [0.15, 0.2) is 52.2 Å². The third kappa shape index (κ3) is 7.84. The van der Waals surface area contributed by atoms with Crippen molar-refractivity contribution in [2.75, 3.05) is 31.3 Å². The first-order valence-electron chi connectivity index (χ1n) is 8.55. The quantitative estimate of drug-likeness (QED) is 0.381. The summed E-state index contributed by atoms with van der Waals surface area (Å²) in [5, 5.41) is 6.36. The highest BCUT2D eigenvalue weighted by Gasteiger charge is 2.09. The van der Waals surface area contributed by atoms with Gasteiger partial charge in [-0.3, -0.25) is 9.30 Å². The molecule has 0 radical (unpaired) electrons. The van der Waals surface area contributed by atoms with Crippen molar-refractivity contribution in [3.05, 3.63) is 52.9 Å². The van der Waals surface area contributed by atoms with Crippen LogP contribution in [-0.4, -0.2) is 47.6 Å². The zero-order valence-corrected chi connectivity index (χ0v) is 17.5. The fourth-order valence-electron chi connectivity index (χ4n) is 2.14. The van der Waals surface area contributed by atoms with Crippen LogP contribution in [0.5, 0.6) is 0 Å². The molecule has 0 amide bonds. The molecule has 0 unspecified atom stereocenters. The molecule has 2 rings (SSSR count). The predicted molar refractivity (Wildman–Crippen MR) is 116 cm³/mol. The van der Waals surface area contributed by atoms with Crippen molar-refractivity contribution in [2.45, 2.75) is 17.9 Å². The molecule has 0 saturated carbocycles. The van der Waals surface area contributed by atoms with E-state index in [2.05, 4.69) is 25.6 Å². The van der Waals surface area contributed by atoms with E-state index in [4.69, 9.17) is 17.3 Å². The molecule has 1 heterocycles. The van der Waals surface area contributed by atoms with Gasteiger partial charge < -0.3 is 16.4 Å². The molecular weight excluding hydrogens is 420 g/mol. The lowest BCUT2D eigenvalue weighted by atomic mass is 10.2. The topological polar surface area (TPSA) is 91.5 Å². The highest BCUT2D eigenvalue weighted by molar-refractivity contribution is 7.97. The minimum absolute atomic E-state index is 0.202. The van der Waals surface area contributed by atoms with Crippen LogP contribution in [0.4, 0.5) is 20.5 Å². The molecule has 0 aliphatic rings. The monoisotopic (exact) mass is 441 g/mol. The van der Waals surface area contributed by atoms with E-state index in [1.165, 1.54) is 18.6 Å². The number of nitrogens with one attached hydrogen (secondary N) is 2. The average Bonchev–Trinajstić information content (AvgIpc) is 2.67. The van der Waals surface area contributed by atoms with Crippen molar-refractivity contribution in [1.29, 1.82) is 0 Å². The first-order chi connectivity index (χ1) is 13.9. The molecule has 1 aromatic heterocycles. The van der Waals surface area contributed by atoms with Crippen molar-refractivity contribution in [3.8, 4) is 0 Å². The zero-order valence-electron chi connectivity index (χ0n) is 15.9. The lowest BCUT2D eigenvalue weighted by Gasteiger charge is -2.14. The summed E-state index contributed by atoms with van der Waals surface area (Å²) in [5.41, 5.74) is 6.85. The predicted octanol–water partition coefficient (Wildman–Crippen LogP) is 3.86. The van der Waals surface area contributed by atoms with Crippen LogP contribution in [0.3, 0.4) is 0 Å². The summed E-state index contributed by atoms with van der Waals surface area (Å²) in [7, 11) is 3.95. The maximum atomic E-state index is 12.2. The lowest BCUT2D eigenvalue weighted by molar-refractivity contribution is 0.159. The summed E-state index contributed by atoms with van der Waals surface area (Å²) in [5.74, 6) is 0.628. The molecule has 4 N–H and O–H groups in total. The second-order valence-corrected chi connectivity index (χ2v) is 7.65. The SMILES string of the molecule is CN(C)Sc1ccccc1CNc1nc(NC(C=NCC(F)F)=CN)ncc1Cl. The molecule has 11 heteroatoms. The number of nitrogens with two attached hydrogens (primary N) is 1. The molecule has 0 bridgehead atoms. The van der Waals surface area contributed by atoms with Crippen molar-refractivity contribution >= 4 is 41.5 Å². The van der Waals surface area contributed by atoms with Crippen molar-refractivity contribution < 1.29 is 8.78 Å². The highest BCUT2D eigenvalue weighted by atomic mass is 35.5. The van der Waals surface area contributed by atoms with E-state index in [0.717, 1.165) is 10.5 Å². The molecule has 156 valence electrons. The van der Waals surface area contributed by atoms with Crippen LogP contribution in [0.25, 0.3) is 0 Å². The number of benzene rings is 1. The van der Waals surface area contributed by atoms with Gasteiger partial charge >= 0.3 is 0 Å². The number of rotatable bonds is 10. The number of hydrogen-bond donors (Lipinski definition) is 3. The van der Waals surface area contributed by atoms with Gasteiger partial charge in [0.25, 0.3) is 6.43 Å². The number of anilines is 2. The maximum absolute atomic E-state index is 12.2. The molecule has 7 nitrogen and oxygen atoms in total. The number of aromatic nitrogens is 2. The molecule has 0 aliphatic carbocycles. The van der Waals surface area contributed by atoms with Crippen LogP contribution in [0.2, 0.25) is 5.02 Å². The largest absolute Gasteiger partial charge is 0.403 e. The number of hydrogen-bond acceptors (Lipinski definition) is 8. The molecule has 0 spiro atoms. The van der Waals surface area contributed by atoms with Gasteiger partial charge in [0, 0.05) is 23.9 Å². The Morgan fingerprint density at radius 3 is 2.83 bits per heavy atom. The van der Waals surface area contributed by atoms with Gasteiger partial charge in [0.2, 0.25) is 5.95 Å². The molecule has 0 aliphatic heterocycles. The minimum Gasteiger partial charge on any atom is -0.403 e. The lowest BCUT2D eigenvalue weighted by Crippen LogP contribution is -2.10. The van der Waals surface area contributed by atoms with Crippen LogP contribution >= 0.6 is 23.5 Å². The Kier molecular flexibility index (Phi) is 9.10. The van der Waals surface area contributed by atoms with Gasteiger partial charge in [-0.2, -0.15) is 4.98 Å². The van der Waals surface area contributed by atoms with E-state index in [0.29, 0.717) is 17.4 Å². The summed E-state index contributed by atoms with van der Waals surface area (Å²) < 4.78 is 26.4. The fraction of sp³-hybridized carbons (Fsp3) is 0.278. The first kappa shape index (κ1) is 22.9. The van der Waals surface area contributed by atoms with Gasteiger partial charge in [-0.1, -0.05) is 29.8 Å². The summed E-state index contributed by atoms with van der Waals surface area (Å²) >= 11 is 7.81. The Morgan fingerprint density at radius 2 is 2.14 bits per heavy atom. The molecule has 0 saturated heterocycles. The standard InChI is InChI=1S/C18H22ClF2N7S/c1-28(2)29-15-6-4-3-5-12(15)8-24-17-14(19)10-25-18(27-17)26-13(7-22)9-23-11-16(20)21/h3-7,9-10,16H,8,11,22H2,1-2H3,(H2,24,25,26,27). The summed E-state index contributed by atoms with van der Waals surface area (Å²) in [6, 6.07) is 7.99. The summed E-state index contributed by atoms with van der Waals surface area (Å²) in [6.45, 7) is -0.111. The normalized spacial score (nSPS) is 12.2. The van der Waals surface area contributed by atoms with Crippen LogP contribution in [-0.2, 0) is 6.54 Å². The number of alkyl halides is 2. The van der Waals surface area contributed by atoms with Crippen LogP contribution < -0.4 is 16.4 Å². The average molecular weight is 442 g/mol. The number of nitrogens with zero attached hydrogens (tertiary/aromatic N) is 4. The number of halogens is 3. The fourth-order valence-corrected chi connectivity index (χ4v) is 3.09. The minimum atomic E-state index is -2.53. The van der Waals surface area contributed by atoms with Gasteiger partial charge in [-0.05, 0) is 37.7 Å². The van der Waals surface area contributed by atoms with Crippen LogP contribution in [0, 0.1) is 0 Å². The van der Waals surface area contributed by atoms with Crippen molar-refractivity contribution in [2.24, 2.45) is 10.7 Å². The Bertz CT molecular complexity index is 862. The van der Waals surface area contributed by atoms with Gasteiger partial charge in [0.15, 0.2) is 5.82 Å². The smallest absolute Gasteiger partial charge is 0.257 e. The Morgan fingerprint density at radius 1 is 1.38 bits per heavy atom.